The van der Waals surface area contributed by atoms with Crippen molar-refractivity contribution in [2.75, 3.05) is 11.1 Å². The molecule has 0 saturated heterocycles. The van der Waals surface area contributed by atoms with Gasteiger partial charge in [0.05, 0.1) is 6.04 Å². The number of nitrogens with zero attached hydrogens (tertiary/aromatic N) is 2. The summed E-state index contributed by atoms with van der Waals surface area (Å²) in [5, 5.41) is 3.03. The Balaban J connectivity index is 1.87. The maximum Gasteiger partial charge on any atom is 0.434 e. The van der Waals surface area contributed by atoms with E-state index in [0.29, 0.717) is 18.7 Å². The molecule has 3 N–H and O–H groups in total. The summed E-state index contributed by atoms with van der Waals surface area (Å²) < 4.78 is 39.4. The van der Waals surface area contributed by atoms with Crippen molar-refractivity contribution in [3.05, 3.63) is 41.7 Å². The minimum atomic E-state index is -4.42. The molecule has 0 aliphatic carbocycles. The largest absolute Gasteiger partial charge is 0.434 e. The zero-order valence-electron chi connectivity index (χ0n) is 10.5. The Bertz CT molecular complexity index is 633. The summed E-state index contributed by atoms with van der Waals surface area (Å²) in [4.78, 5) is 3.62. The highest BCUT2D eigenvalue weighted by atomic mass is 19.4. The molecule has 1 aliphatic heterocycles. The smallest absolute Gasteiger partial charge is 0.399 e. The lowest BCUT2D eigenvalue weighted by Crippen LogP contribution is -2.21. The fourth-order valence-electron chi connectivity index (χ4n) is 2.36. The third-order valence-corrected chi connectivity index (χ3v) is 3.34. The molecule has 2 aromatic rings. The first-order chi connectivity index (χ1) is 9.43. The molecule has 0 spiro atoms. The predicted octanol–water partition coefficient (Wildman–Crippen LogP) is 3.04. The van der Waals surface area contributed by atoms with Gasteiger partial charge in [-0.05, 0) is 24.1 Å². The van der Waals surface area contributed by atoms with Crippen molar-refractivity contribution in [1.82, 2.24) is 9.55 Å². The molecule has 0 amide bonds. The van der Waals surface area contributed by atoms with Crippen molar-refractivity contribution in [3.63, 3.8) is 0 Å². The van der Waals surface area contributed by atoms with Gasteiger partial charge in [-0.3, -0.25) is 0 Å². The Morgan fingerprint density at radius 1 is 1.35 bits per heavy atom. The van der Waals surface area contributed by atoms with Gasteiger partial charge >= 0.3 is 6.18 Å². The van der Waals surface area contributed by atoms with E-state index in [1.54, 1.807) is 6.07 Å². The van der Waals surface area contributed by atoms with Crippen LogP contribution in [-0.4, -0.2) is 9.55 Å². The number of benzene rings is 1. The molecule has 7 heteroatoms. The predicted molar refractivity (Wildman–Crippen MR) is 69.1 cm³/mol. The quantitative estimate of drug-likeness (QED) is 0.790. The highest BCUT2D eigenvalue weighted by molar-refractivity contribution is 5.45. The molecule has 0 radical (unpaired) electrons. The van der Waals surface area contributed by atoms with Crippen molar-refractivity contribution in [3.8, 4) is 0 Å². The number of nitrogen functional groups attached to an aromatic ring is 1. The molecule has 1 unspecified atom stereocenters. The molecule has 1 aromatic heterocycles. The summed E-state index contributed by atoms with van der Waals surface area (Å²) >= 11 is 0. The second kappa shape index (κ2) is 4.43. The number of halogens is 3. The number of nitrogens with one attached hydrogen (secondary N) is 1. The lowest BCUT2D eigenvalue weighted by Gasteiger charge is -2.25. The maximum absolute atomic E-state index is 12.6. The molecule has 1 aliphatic rings. The van der Waals surface area contributed by atoms with Crippen LogP contribution in [0.15, 0.2) is 30.5 Å². The molecular weight excluding hydrogens is 269 g/mol. The second-order valence-corrected chi connectivity index (χ2v) is 4.80. The van der Waals surface area contributed by atoms with E-state index in [4.69, 9.17) is 5.73 Å². The molecule has 1 atom stereocenters. The Labute approximate surface area is 113 Å². The standard InChI is InChI=1S/C13H13F3N4/c14-13(15,16)11-7-20-5-4-10(18-12(20)19-11)8-2-1-3-9(17)6-8/h1-3,6-7,10H,4-5,17H2,(H,18,19). The monoisotopic (exact) mass is 282 g/mol. The molecule has 0 bridgehead atoms. The highest BCUT2D eigenvalue weighted by Gasteiger charge is 2.35. The summed E-state index contributed by atoms with van der Waals surface area (Å²) in [6.45, 7) is 0.491. The summed E-state index contributed by atoms with van der Waals surface area (Å²) in [5.74, 6) is 0.246. The van der Waals surface area contributed by atoms with E-state index in [2.05, 4.69) is 10.3 Å². The number of aromatic nitrogens is 2. The molecule has 0 fully saturated rings. The number of anilines is 2. The van der Waals surface area contributed by atoms with Gasteiger partial charge in [0.25, 0.3) is 0 Å². The number of hydrogen-bond donors (Lipinski definition) is 2. The van der Waals surface area contributed by atoms with Crippen molar-refractivity contribution in [2.24, 2.45) is 0 Å². The van der Waals surface area contributed by atoms with E-state index < -0.39 is 11.9 Å². The van der Waals surface area contributed by atoms with E-state index in [1.165, 1.54) is 4.57 Å². The SMILES string of the molecule is Nc1cccc(C2CCn3cc(C(F)(F)F)nc3N2)c1. The number of hydrogen-bond acceptors (Lipinski definition) is 3. The number of nitrogens with two attached hydrogens (primary N) is 1. The van der Waals surface area contributed by atoms with Gasteiger partial charge in [-0.15, -0.1) is 0 Å². The van der Waals surface area contributed by atoms with E-state index in [1.807, 2.05) is 18.2 Å². The normalized spacial score (nSPS) is 18.4. The van der Waals surface area contributed by atoms with Crippen LogP contribution in [0, 0.1) is 0 Å². The Morgan fingerprint density at radius 2 is 2.15 bits per heavy atom. The van der Waals surface area contributed by atoms with Gasteiger partial charge in [0.1, 0.15) is 0 Å². The Hall–Kier alpha value is -2.18. The molecular formula is C13H13F3N4. The van der Waals surface area contributed by atoms with Gasteiger partial charge in [0.2, 0.25) is 5.95 Å². The van der Waals surface area contributed by atoms with Gasteiger partial charge in [0, 0.05) is 18.4 Å². The molecule has 106 valence electrons. The van der Waals surface area contributed by atoms with Gasteiger partial charge in [-0.1, -0.05) is 12.1 Å². The van der Waals surface area contributed by atoms with Crippen LogP contribution in [0.25, 0.3) is 0 Å². The fourth-order valence-corrected chi connectivity index (χ4v) is 2.36. The van der Waals surface area contributed by atoms with Crippen molar-refractivity contribution < 1.29 is 13.2 Å². The van der Waals surface area contributed by atoms with E-state index in [0.717, 1.165) is 11.8 Å². The number of fused-ring (bicyclic) bond motifs is 1. The Morgan fingerprint density at radius 3 is 2.85 bits per heavy atom. The molecule has 4 nitrogen and oxygen atoms in total. The summed E-state index contributed by atoms with van der Waals surface area (Å²) in [5.41, 5.74) is 6.44. The topological polar surface area (TPSA) is 55.9 Å². The Kier molecular flexibility index (Phi) is 2.84. The second-order valence-electron chi connectivity index (χ2n) is 4.80. The van der Waals surface area contributed by atoms with Crippen LogP contribution < -0.4 is 11.1 Å². The van der Waals surface area contributed by atoms with Crippen molar-refractivity contribution in [1.29, 1.82) is 0 Å². The molecule has 1 aromatic carbocycles. The minimum absolute atomic E-state index is 0.0746. The first-order valence-electron chi connectivity index (χ1n) is 6.20. The summed E-state index contributed by atoms with van der Waals surface area (Å²) in [6.07, 6.45) is -2.69. The third kappa shape index (κ3) is 2.31. The average molecular weight is 282 g/mol. The fraction of sp³-hybridized carbons (Fsp3) is 0.308. The molecule has 3 rings (SSSR count). The number of rotatable bonds is 1. The zero-order valence-corrected chi connectivity index (χ0v) is 10.5. The van der Waals surface area contributed by atoms with Crippen LogP contribution in [0.1, 0.15) is 23.7 Å². The van der Waals surface area contributed by atoms with Crippen LogP contribution in [0.4, 0.5) is 24.8 Å². The highest BCUT2D eigenvalue weighted by Crippen LogP contribution is 2.34. The van der Waals surface area contributed by atoms with Crippen LogP contribution >= 0.6 is 0 Å². The van der Waals surface area contributed by atoms with Crippen molar-refractivity contribution in [2.45, 2.75) is 25.2 Å². The van der Waals surface area contributed by atoms with Gasteiger partial charge in [-0.2, -0.15) is 13.2 Å². The maximum atomic E-state index is 12.6. The minimum Gasteiger partial charge on any atom is -0.399 e. The van der Waals surface area contributed by atoms with Crippen LogP contribution in [0.2, 0.25) is 0 Å². The van der Waals surface area contributed by atoms with Gasteiger partial charge in [-0.25, -0.2) is 4.98 Å². The molecule has 20 heavy (non-hydrogen) atoms. The number of alkyl halides is 3. The van der Waals surface area contributed by atoms with Crippen LogP contribution in [0.5, 0.6) is 0 Å². The first-order valence-corrected chi connectivity index (χ1v) is 6.20. The third-order valence-electron chi connectivity index (χ3n) is 3.34. The zero-order chi connectivity index (χ0) is 14.3. The van der Waals surface area contributed by atoms with Crippen molar-refractivity contribution >= 4 is 11.6 Å². The lowest BCUT2D eigenvalue weighted by atomic mass is 10.0. The summed E-state index contributed by atoms with van der Waals surface area (Å²) in [7, 11) is 0. The first kappa shape index (κ1) is 12.8. The van der Waals surface area contributed by atoms with E-state index >= 15 is 0 Å². The van der Waals surface area contributed by atoms with E-state index in [9.17, 15) is 13.2 Å². The van der Waals surface area contributed by atoms with Gasteiger partial charge < -0.3 is 15.6 Å². The van der Waals surface area contributed by atoms with Gasteiger partial charge in [0.15, 0.2) is 5.69 Å². The number of imidazole rings is 1. The molecule has 0 saturated carbocycles. The van der Waals surface area contributed by atoms with E-state index in [-0.39, 0.29) is 12.0 Å². The van der Waals surface area contributed by atoms with Crippen LogP contribution in [0.3, 0.4) is 0 Å². The lowest BCUT2D eigenvalue weighted by molar-refractivity contribution is -0.140. The average Bonchev–Trinajstić information content (AvgIpc) is 2.81. The van der Waals surface area contributed by atoms with Crippen LogP contribution in [-0.2, 0) is 12.7 Å². The number of aryl methyl sites for hydroxylation is 1. The molecule has 2 heterocycles. The summed E-state index contributed by atoms with van der Waals surface area (Å²) in [6, 6.07) is 7.25.